The Bertz CT molecular complexity index is 2100. The van der Waals surface area contributed by atoms with Gasteiger partial charge < -0.3 is 43.4 Å². The van der Waals surface area contributed by atoms with Gasteiger partial charge in [0, 0.05) is 5.57 Å². The van der Waals surface area contributed by atoms with Crippen LogP contribution < -0.4 is 9.47 Å². The molecule has 18 nitrogen and oxygen atoms in total. The Morgan fingerprint density at radius 1 is 0.459 bits per heavy atom. The largest absolute Gasteiger partial charge is 0.481 e. The van der Waals surface area contributed by atoms with E-state index in [9.17, 15) is 43.2 Å². The standard InChI is InChI=1S/C26H32O6.C12H20O6.C12H20O4.C6H12O2/c1-5-7-8-9-18-30-23(27)19-10-14-21(15-11-19)31-24(28)20-12-16-22(17-13-20)32-25(29)26(3,4)6-2;1-4-12(2,3)11(16)18-8-7-17-10(15)6-5-9(13)14;1-6-12(4,5)11(14)16-8-7-15-10(13)9(2)3;1-4-6(2,3)5(7)8/h10-17H,5-9,18H2,1-4H3;4-8H2,1-3H3,(H,13,14);2,6-8H2,1,3-5H3;4H2,1-3H3,(H,7,8). The lowest BCUT2D eigenvalue weighted by molar-refractivity contribution is -0.159. The van der Waals surface area contributed by atoms with Crippen LogP contribution in [0, 0.1) is 21.7 Å². The van der Waals surface area contributed by atoms with Crippen molar-refractivity contribution >= 4 is 53.7 Å². The Morgan fingerprint density at radius 3 is 1.26 bits per heavy atom. The first kappa shape index (κ1) is 69.5. The predicted octanol–water partition coefficient (Wildman–Crippen LogP) is 11.0. The summed E-state index contributed by atoms with van der Waals surface area (Å²) in [5.74, 6) is -4.06. The summed E-state index contributed by atoms with van der Waals surface area (Å²) in [6, 6.07) is 12.4. The zero-order chi connectivity index (χ0) is 57.3. The van der Waals surface area contributed by atoms with Crippen molar-refractivity contribution in [3.8, 4) is 11.5 Å². The first-order valence-electron chi connectivity index (χ1n) is 25.0. The third kappa shape index (κ3) is 29.8. The summed E-state index contributed by atoms with van der Waals surface area (Å²) >= 11 is 0. The molecule has 0 bridgehead atoms. The number of hydrogen-bond donors (Lipinski definition) is 2. The lowest BCUT2D eigenvalue weighted by atomic mass is 9.91. The number of hydrogen-bond acceptors (Lipinski definition) is 16. The van der Waals surface area contributed by atoms with Crippen molar-refractivity contribution < 1.29 is 86.5 Å². The maximum absolute atomic E-state index is 12.4. The van der Waals surface area contributed by atoms with E-state index in [4.69, 9.17) is 43.4 Å². The maximum atomic E-state index is 12.4. The third-order valence-electron chi connectivity index (χ3n) is 11.6. The van der Waals surface area contributed by atoms with E-state index in [-0.39, 0.29) is 57.2 Å². The van der Waals surface area contributed by atoms with Crippen molar-refractivity contribution in [2.24, 2.45) is 21.7 Å². The molecule has 0 spiro atoms. The Kier molecular flexibility index (Phi) is 33.4. The van der Waals surface area contributed by atoms with Crippen molar-refractivity contribution in [3.63, 3.8) is 0 Å². The highest BCUT2D eigenvalue weighted by Gasteiger charge is 2.29. The molecule has 0 aliphatic carbocycles. The molecule has 0 aliphatic rings. The molecule has 0 radical (unpaired) electrons. The van der Waals surface area contributed by atoms with Gasteiger partial charge in [-0.25, -0.2) is 14.4 Å². The van der Waals surface area contributed by atoms with Crippen LogP contribution in [0.2, 0.25) is 0 Å². The second-order valence-corrected chi connectivity index (χ2v) is 19.6. The van der Waals surface area contributed by atoms with Gasteiger partial charge in [-0.1, -0.05) is 60.5 Å². The smallest absolute Gasteiger partial charge is 0.343 e. The Morgan fingerprint density at radius 2 is 0.865 bits per heavy atom. The van der Waals surface area contributed by atoms with E-state index in [2.05, 4.69) is 13.5 Å². The van der Waals surface area contributed by atoms with Gasteiger partial charge in [-0.05, 0) is 143 Å². The van der Waals surface area contributed by atoms with Gasteiger partial charge in [-0.2, -0.15) is 0 Å². The first-order chi connectivity index (χ1) is 34.4. The van der Waals surface area contributed by atoms with E-state index >= 15 is 0 Å². The summed E-state index contributed by atoms with van der Waals surface area (Å²) in [6.07, 6.45) is 6.41. The molecule has 416 valence electrons. The molecule has 0 atom stereocenters. The van der Waals surface area contributed by atoms with Gasteiger partial charge in [0.2, 0.25) is 0 Å². The van der Waals surface area contributed by atoms with Crippen LogP contribution in [0.3, 0.4) is 0 Å². The Labute approximate surface area is 438 Å². The summed E-state index contributed by atoms with van der Waals surface area (Å²) in [5.41, 5.74) is -1.10. The monoisotopic (exact) mass is 1040 g/mol. The van der Waals surface area contributed by atoms with Gasteiger partial charge in [-0.15, -0.1) is 0 Å². The van der Waals surface area contributed by atoms with Gasteiger partial charge in [0.1, 0.15) is 37.9 Å². The zero-order valence-corrected chi connectivity index (χ0v) is 46.4. The normalized spacial score (nSPS) is 10.9. The predicted molar refractivity (Wildman–Crippen MR) is 277 cm³/mol. The minimum absolute atomic E-state index is 0.0128. The molecule has 0 fully saturated rings. The number of aliphatic carboxylic acids is 2. The summed E-state index contributed by atoms with van der Waals surface area (Å²) < 4.78 is 35.4. The van der Waals surface area contributed by atoms with Crippen LogP contribution in [-0.2, 0) is 57.2 Å². The summed E-state index contributed by atoms with van der Waals surface area (Å²) in [5, 5.41) is 16.8. The summed E-state index contributed by atoms with van der Waals surface area (Å²) in [7, 11) is 0. The number of ether oxygens (including phenoxy) is 7. The number of carbonyl (C=O) groups is 9. The highest BCUT2D eigenvalue weighted by Crippen LogP contribution is 2.25. The fourth-order valence-electron chi connectivity index (χ4n) is 4.44. The molecule has 0 saturated heterocycles. The number of rotatable bonds is 27. The van der Waals surface area contributed by atoms with Crippen LogP contribution in [0.15, 0.2) is 60.7 Å². The maximum Gasteiger partial charge on any atom is 0.343 e. The zero-order valence-electron chi connectivity index (χ0n) is 46.4. The average molecular weight is 1050 g/mol. The number of carbonyl (C=O) groups excluding carboxylic acids is 7. The molecule has 74 heavy (non-hydrogen) atoms. The van der Waals surface area contributed by atoms with E-state index in [0.717, 1.165) is 25.7 Å². The quantitative estimate of drug-likeness (QED) is 0.0277. The molecular weight excluding hydrogens is 961 g/mol. The lowest BCUT2D eigenvalue weighted by Crippen LogP contribution is -2.28. The van der Waals surface area contributed by atoms with Gasteiger partial charge in [-0.3, -0.25) is 28.8 Å². The van der Waals surface area contributed by atoms with Crippen molar-refractivity contribution in [3.05, 3.63) is 71.8 Å². The number of unbranched alkanes of at least 4 members (excludes halogenated alkanes) is 3. The molecule has 18 heteroatoms. The van der Waals surface area contributed by atoms with Crippen molar-refractivity contribution in [2.45, 2.75) is 161 Å². The molecule has 0 heterocycles. The second-order valence-electron chi connectivity index (χ2n) is 19.6. The topological polar surface area (TPSA) is 259 Å². The van der Waals surface area contributed by atoms with Crippen molar-refractivity contribution in [1.82, 2.24) is 0 Å². The van der Waals surface area contributed by atoms with Crippen LogP contribution in [0.5, 0.6) is 11.5 Å². The SMILES string of the molecule is C=C(C)C(=O)OCCOC(=O)C(C)(C)CC.CCC(C)(C)C(=O)O.CCC(C)(C)C(=O)OCCOC(=O)CCC(=O)O.CCCCCCOC(=O)c1ccc(OC(=O)c2ccc(OC(=O)C(C)(C)CC)cc2)cc1. The fourth-order valence-corrected chi connectivity index (χ4v) is 4.44. The Hall–Kier alpha value is -6.59. The minimum Gasteiger partial charge on any atom is -0.481 e. The fraction of sp³-hybridized carbons (Fsp3) is 0.589. The van der Waals surface area contributed by atoms with E-state index in [1.165, 1.54) is 12.1 Å². The Balaban J connectivity index is 0. The highest BCUT2D eigenvalue weighted by molar-refractivity contribution is 5.92. The van der Waals surface area contributed by atoms with Gasteiger partial charge in [0.15, 0.2) is 0 Å². The number of esters is 7. The molecule has 0 aromatic heterocycles. The van der Waals surface area contributed by atoms with Crippen LogP contribution in [0.4, 0.5) is 0 Å². The van der Waals surface area contributed by atoms with Crippen molar-refractivity contribution in [2.75, 3.05) is 33.0 Å². The number of carboxylic acids is 2. The van der Waals surface area contributed by atoms with E-state index < -0.39 is 57.5 Å². The molecule has 2 N–H and O–H groups in total. The van der Waals surface area contributed by atoms with Crippen molar-refractivity contribution in [1.29, 1.82) is 0 Å². The molecule has 0 unspecified atom stereocenters. The number of benzene rings is 2. The molecule has 2 aromatic rings. The third-order valence-corrected chi connectivity index (χ3v) is 11.6. The minimum atomic E-state index is -1.05. The van der Waals surface area contributed by atoms with E-state index in [1.54, 1.807) is 71.0 Å². The molecule has 2 rings (SSSR count). The van der Waals surface area contributed by atoms with E-state index in [0.29, 0.717) is 60.5 Å². The van der Waals surface area contributed by atoms with Gasteiger partial charge in [0.25, 0.3) is 0 Å². The number of carboxylic acid groups (broad SMARTS) is 2. The van der Waals surface area contributed by atoms with Crippen LogP contribution in [-0.4, -0.2) is 97.0 Å². The van der Waals surface area contributed by atoms with Crippen LogP contribution >= 0.6 is 0 Å². The van der Waals surface area contributed by atoms with Crippen LogP contribution in [0.25, 0.3) is 0 Å². The molecule has 0 amide bonds. The molecule has 0 saturated carbocycles. The van der Waals surface area contributed by atoms with Gasteiger partial charge in [0.05, 0.1) is 52.2 Å². The molecular formula is C56H84O18. The summed E-state index contributed by atoms with van der Waals surface area (Å²) in [6.45, 7) is 29.5. The first-order valence-corrected chi connectivity index (χ1v) is 25.0. The second kappa shape index (κ2) is 35.5. The summed E-state index contributed by atoms with van der Waals surface area (Å²) in [4.78, 5) is 102. The highest BCUT2D eigenvalue weighted by atomic mass is 16.6. The molecule has 0 aliphatic heterocycles. The molecule has 2 aromatic carbocycles. The van der Waals surface area contributed by atoms with E-state index in [1.807, 2.05) is 55.4 Å². The van der Waals surface area contributed by atoms with Gasteiger partial charge >= 0.3 is 53.7 Å². The van der Waals surface area contributed by atoms with Crippen LogP contribution in [0.1, 0.15) is 182 Å². The lowest BCUT2D eigenvalue weighted by Gasteiger charge is -2.20. The average Bonchev–Trinajstić information content (AvgIpc) is 3.36.